The van der Waals surface area contributed by atoms with Gasteiger partial charge in [0.15, 0.2) is 0 Å². The number of aromatic nitrogens is 2. The van der Waals surface area contributed by atoms with E-state index in [-0.39, 0.29) is 5.75 Å². The number of hydrogen-bond acceptors (Lipinski definition) is 4. The summed E-state index contributed by atoms with van der Waals surface area (Å²) in [4.78, 5) is 2.41. The first-order chi connectivity index (χ1) is 15.4. The average molecular weight is 445 g/mol. The Bertz CT molecular complexity index is 1030. The highest BCUT2D eigenvalue weighted by atomic mass is 19.4. The van der Waals surface area contributed by atoms with E-state index in [9.17, 15) is 13.2 Å². The van der Waals surface area contributed by atoms with E-state index in [1.807, 2.05) is 31.2 Å². The Morgan fingerprint density at radius 2 is 1.72 bits per heavy atom. The molecular weight excluding hydrogens is 419 g/mol. The Balaban J connectivity index is 1.40. The van der Waals surface area contributed by atoms with Crippen LogP contribution in [0.4, 0.5) is 13.2 Å². The first-order valence-electron chi connectivity index (χ1n) is 10.7. The zero-order valence-corrected chi connectivity index (χ0v) is 17.9. The van der Waals surface area contributed by atoms with Gasteiger partial charge in [0, 0.05) is 17.8 Å². The first kappa shape index (κ1) is 22.2. The van der Waals surface area contributed by atoms with Crippen LogP contribution in [-0.2, 0) is 6.54 Å². The highest BCUT2D eigenvalue weighted by molar-refractivity contribution is 5.67. The predicted octanol–water partition coefficient (Wildman–Crippen LogP) is 5.28. The van der Waals surface area contributed by atoms with Gasteiger partial charge in [0.05, 0.1) is 12.2 Å². The van der Waals surface area contributed by atoms with Gasteiger partial charge in [-0.25, -0.2) is 0 Å². The fourth-order valence-corrected chi connectivity index (χ4v) is 3.86. The second-order valence-electron chi connectivity index (χ2n) is 7.91. The molecule has 0 amide bonds. The predicted molar refractivity (Wildman–Crippen MR) is 116 cm³/mol. The standard InChI is InChI=1S/C24H26F3N3O2/c1-18-16-22(21-6-2-3-7-23(21)32-24(25,26)27)28-30(18)17-19-8-10-20(11-9-19)31-15-14-29-12-4-5-13-29/h2-3,6-11,16H,4-5,12-15,17H2,1H3. The van der Waals surface area contributed by atoms with Gasteiger partial charge in [0.1, 0.15) is 18.1 Å². The smallest absolute Gasteiger partial charge is 0.492 e. The lowest BCUT2D eigenvalue weighted by atomic mass is 10.1. The van der Waals surface area contributed by atoms with Gasteiger partial charge in [-0.15, -0.1) is 13.2 Å². The van der Waals surface area contributed by atoms with E-state index in [0.29, 0.717) is 24.4 Å². The average Bonchev–Trinajstić information content (AvgIpc) is 3.39. The minimum absolute atomic E-state index is 0.264. The van der Waals surface area contributed by atoms with E-state index in [0.717, 1.165) is 36.6 Å². The number of hydrogen-bond donors (Lipinski definition) is 0. The SMILES string of the molecule is Cc1cc(-c2ccccc2OC(F)(F)F)nn1Cc1ccc(OCCN2CCCC2)cc1. The molecule has 0 saturated carbocycles. The lowest BCUT2D eigenvalue weighted by molar-refractivity contribution is -0.274. The summed E-state index contributed by atoms with van der Waals surface area (Å²) >= 11 is 0. The topological polar surface area (TPSA) is 39.5 Å². The molecule has 1 aliphatic heterocycles. The van der Waals surface area contributed by atoms with Crippen molar-refractivity contribution in [1.29, 1.82) is 0 Å². The molecule has 0 bridgehead atoms. The number of likely N-dealkylation sites (tertiary alicyclic amines) is 1. The van der Waals surface area contributed by atoms with Gasteiger partial charge in [0.25, 0.3) is 0 Å². The Morgan fingerprint density at radius 1 is 1.00 bits per heavy atom. The molecule has 0 N–H and O–H groups in total. The number of nitrogens with zero attached hydrogens (tertiary/aromatic N) is 3. The van der Waals surface area contributed by atoms with Crippen LogP contribution in [0.15, 0.2) is 54.6 Å². The molecule has 170 valence electrons. The maximum absolute atomic E-state index is 12.7. The fourth-order valence-electron chi connectivity index (χ4n) is 3.86. The minimum Gasteiger partial charge on any atom is -0.492 e. The van der Waals surface area contributed by atoms with Crippen molar-refractivity contribution in [3.8, 4) is 22.8 Å². The van der Waals surface area contributed by atoms with E-state index in [4.69, 9.17) is 4.74 Å². The third-order valence-electron chi connectivity index (χ3n) is 5.50. The van der Waals surface area contributed by atoms with Crippen LogP contribution in [0.2, 0.25) is 0 Å². The molecule has 3 aromatic rings. The van der Waals surface area contributed by atoms with Crippen LogP contribution in [0.1, 0.15) is 24.1 Å². The Labute approximate surface area is 185 Å². The molecule has 0 spiro atoms. The number of aryl methyl sites for hydroxylation is 1. The lowest BCUT2D eigenvalue weighted by Gasteiger charge is -2.15. The molecule has 8 heteroatoms. The summed E-state index contributed by atoms with van der Waals surface area (Å²) < 4.78 is 50.0. The first-order valence-corrected chi connectivity index (χ1v) is 10.7. The van der Waals surface area contributed by atoms with Crippen LogP contribution in [-0.4, -0.2) is 47.3 Å². The zero-order valence-electron chi connectivity index (χ0n) is 17.9. The molecule has 1 saturated heterocycles. The molecule has 1 fully saturated rings. The number of para-hydroxylation sites is 1. The van der Waals surface area contributed by atoms with Gasteiger partial charge >= 0.3 is 6.36 Å². The van der Waals surface area contributed by atoms with Gasteiger partial charge in [-0.1, -0.05) is 24.3 Å². The van der Waals surface area contributed by atoms with Gasteiger partial charge in [-0.2, -0.15) is 5.10 Å². The summed E-state index contributed by atoms with van der Waals surface area (Å²) in [5, 5.41) is 4.51. The normalized spacial score (nSPS) is 14.6. The third kappa shape index (κ3) is 5.82. The van der Waals surface area contributed by atoms with Crippen LogP contribution in [0.3, 0.4) is 0 Å². The Morgan fingerprint density at radius 3 is 2.44 bits per heavy atom. The zero-order chi connectivity index (χ0) is 22.6. The molecule has 0 radical (unpaired) electrons. The molecule has 0 atom stereocenters. The van der Waals surface area contributed by atoms with Crippen molar-refractivity contribution in [3.05, 3.63) is 65.9 Å². The number of alkyl halides is 3. The van der Waals surface area contributed by atoms with Crippen molar-refractivity contribution in [3.63, 3.8) is 0 Å². The van der Waals surface area contributed by atoms with Crippen molar-refractivity contribution in [2.75, 3.05) is 26.2 Å². The summed E-state index contributed by atoms with van der Waals surface area (Å²) in [5.74, 6) is 0.559. The van der Waals surface area contributed by atoms with Crippen LogP contribution in [0.25, 0.3) is 11.3 Å². The van der Waals surface area contributed by atoms with Crippen LogP contribution >= 0.6 is 0 Å². The quantitative estimate of drug-likeness (QED) is 0.473. The summed E-state index contributed by atoms with van der Waals surface area (Å²) in [7, 11) is 0. The fraction of sp³-hybridized carbons (Fsp3) is 0.375. The Hall–Kier alpha value is -3.00. The van der Waals surface area contributed by atoms with E-state index < -0.39 is 6.36 Å². The molecule has 4 rings (SSSR count). The van der Waals surface area contributed by atoms with E-state index in [1.54, 1.807) is 22.9 Å². The maximum atomic E-state index is 12.7. The molecular formula is C24H26F3N3O2. The summed E-state index contributed by atoms with van der Waals surface area (Å²) in [6.07, 6.45) is -2.22. The molecule has 2 aromatic carbocycles. The van der Waals surface area contributed by atoms with Gasteiger partial charge in [-0.05, 0) is 68.8 Å². The molecule has 0 aliphatic carbocycles. The molecule has 1 aromatic heterocycles. The molecule has 0 unspecified atom stereocenters. The van der Waals surface area contributed by atoms with Crippen LogP contribution in [0, 0.1) is 6.92 Å². The van der Waals surface area contributed by atoms with Crippen molar-refractivity contribution < 1.29 is 22.6 Å². The summed E-state index contributed by atoms with van der Waals surface area (Å²) in [6, 6.07) is 15.6. The van der Waals surface area contributed by atoms with Crippen molar-refractivity contribution >= 4 is 0 Å². The number of halogens is 3. The highest BCUT2D eigenvalue weighted by Crippen LogP contribution is 2.33. The van der Waals surface area contributed by atoms with E-state index in [1.165, 1.54) is 25.0 Å². The van der Waals surface area contributed by atoms with Gasteiger partial charge in [-0.3, -0.25) is 9.58 Å². The molecule has 1 aliphatic rings. The van der Waals surface area contributed by atoms with E-state index >= 15 is 0 Å². The third-order valence-corrected chi connectivity index (χ3v) is 5.50. The van der Waals surface area contributed by atoms with E-state index in [2.05, 4.69) is 14.7 Å². The summed E-state index contributed by atoms with van der Waals surface area (Å²) in [6.45, 7) is 6.29. The molecule has 5 nitrogen and oxygen atoms in total. The second-order valence-corrected chi connectivity index (χ2v) is 7.91. The molecule has 32 heavy (non-hydrogen) atoms. The molecule has 2 heterocycles. The van der Waals surface area contributed by atoms with Gasteiger partial charge < -0.3 is 9.47 Å². The number of ether oxygens (including phenoxy) is 2. The van der Waals surface area contributed by atoms with Crippen molar-refractivity contribution in [1.82, 2.24) is 14.7 Å². The van der Waals surface area contributed by atoms with Crippen LogP contribution in [0.5, 0.6) is 11.5 Å². The lowest BCUT2D eigenvalue weighted by Crippen LogP contribution is -2.25. The monoisotopic (exact) mass is 445 g/mol. The van der Waals surface area contributed by atoms with Crippen molar-refractivity contribution in [2.24, 2.45) is 0 Å². The Kier molecular flexibility index (Phi) is 6.69. The minimum atomic E-state index is -4.76. The second kappa shape index (κ2) is 9.65. The van der Waals surface area contributed by atoms with Crippen molar-refractivity contribution in [2.45, 2.75) is 32.7 Å². The number of rotatable bonds is 8. The van der Waals surface area contributed by atoms with Crippen LogP contribution < -0.4 is 9.47 Å². The largest absolute Gasteiger partial charge is 0.573 e. The van der Waals surface area contributed by atoms with Gasteiger partial charge in [0.2, 0.25) is 0 Å². The maximum Gasteiger partial charge on any atom is 0.573 e. The number of benzene rings is 2. The highest BCUT2D eigenvalue weighted by Gasteiger charge is 2.32. The summed E-state index contributed by atoms with van der Waals surface area (Å²) in [5.41, 5.74) is 2.60.